The number of fused-ring (bicyclic) bond motifs is 2. The predicted molar refractivity (Wildman–Crippen MR) is 83.9 cm³/mol. The van der Waals surface area contributed by atoms with Gasteiger partial charge in [-0.1, -0.05) is 0 Å². The van der Waals surface area contributed by atoms with Gasteiger partial charge < -0.3 is 19.3 Å². The Morgan fingerprint density at radius 2 is 2.12 bits per heavy atom. The summed E-state index contributed by atoms with van der Waals surface area (Å²) in [7, 11) is 0. The van der Waals surface area contributed by atoms with E-state index >= 15 is 0 Å². The summed E-state index contributed by atoms with van der Waals surface area (Å²) in [5, 5.41) is 11.2. The smallest absolute Gasteiger partial charge is 0.302 e. The molecule has 0 spiro atoms. The van der Waals surface area contributed by atoms with Crippen LogP contribution in [0, 0.1) is 0 Å². The Balaban J connectivity index is 1.63. The minimum absolute atomic E-state index is 0.247. The summed E-state index contributed by atoms with van der Waals surface area (Å²) in [5.41, 5.74) is 1.96. The lowest BCUT2D eigenvalue weighted by molar-refractivity contribution is -0.162. The molecule has 1 saturated carbocycles. The first-order valence-electron chi connectivity index (χ1n) is 8.62. The van der Waals surface area contributed by atoms with Crippen molar-refractivity contribution in [1.82, 2.24) is 4.90 Å². The lowest BCUT2D eigenvalue weighted by Gasteiger charge is -2.51. The zero-order valence-corrected chi connectivity index (χ0v) is 13.7. The van der Waals surface area contributed by atoms with E-state index in [-0.39, 0.29) is 18.2 Å². The van der Waals surface area contributed by atoms with Crippen molar-refractivity contribution in [2.75, 3.05) is 13.3 Å². The molecule has 24 heavy (non-hydrogen) atoms. The Bertz CT molecular complexity index is 720. The van der Waals surface area contributed by atoms with Crippen molar-refractivity contribution < 1.29 is 24.1 Å². The fourth-order valence-electron chi connectivity index (χ4n) is 5.34. The van der Waals surface area contributed by atoms with Crippen LogP contribution >= 0.6 is 0 Å². The minimum Gasteiger partial charge on any atom is -0.460 e. The van der Waals surface area contributed by atoms with Gasteiger partial charge in [-0.05, 0) is 49.1 Å². The number of aliphatic hydroxyl groups is 1. The van der Waals surface area contributed by atoms with E-state index in [1.165, 1.54) is 12.5 Å². The molecule has 1 unspecified atom stereocenters. The second kappa shape index (κ2) is 4.86. The lowest BCUT2D eigenvalue weighted by Crippen LogP contribution is -2.60. The quantitative estimate of drug-likeness (QED) is 0.783. The molecule has 1 N–H and O–H groups in total. The summed E-state index contributed by atoms with van der Waals surface area (Å²) in [6.45, 7) is 3.49. The molecular formula is C18H21NO5. The van der Waals surface area contributed by atoms with Crippen molar-refractivity contribution in [3.8, 4) is 11.5 Å². The Hall–Kier alpha value is -1.79. The molecular weight excluding hydrogens is 310 g/mol. The van der Waals surface area contributed by atoms with Crippen LogP contribution in [0.3, 0.4) is 0 Å². The van der Waals surface area contributed by atoms with Gasteiger partial charge in [0.15, 0.2) is 11.5 Å². The number of carbonyl (C=O) groups excluding carboxylic acids is 1. The molecule has 5 rings (SSSR count). The highest BCUT2D eigenvalue weighted by atomic mass is 16.7. The van der Waals surface area contributed by atoms with E-state index in [4.69, 9.17) is 14.2 Å². The molecule has 1 aromatic carbocycles. The zero-order valence-electron chi connectivity index (χ0n) is 13.7. The van der Waals surface area contributed by atoms with Gasteiger partial charge >= 0.3 is 5.97 Å². The minimum atomic E-state index is -0.690. The number of carbonyl (C=O) groups is 1. The van der Waals surface area contributed by atoms with Crippen LogP contribution in [0.1, 0.15) is 37.3 Å². The lowest BCUT2D eigenvalue weighted by atomic mass is 9.61. The molecule has 4 aliphatic rings. The summed E-state index contributed by atoms with van der Waals surface area (Å²) in [5.74, 6) is 1.21. The summed E-state index contributed by atoms with van der Waals surface area (Å²) in [4.78, 5) is 13.9. The number of ether oxygens (including phenoxy) is 3. The number of hydrogen-bond donors (Lipinski definition) is 1. The van der Waals surface area contributed by atoms with E-state index in [0.29, 0.717) is 12.5 Å². The van der Waals surface area contributed by atoms with Crippen molar-refractivity contribution in [3.63, 3.8) is 0 Å². The van der Waals surface area contributed by atoms with Crippen LogP contribution in [0.25, 0.3) is 0 Å². The maximum Gasteiger partial charge on any atom is 0.302 e. The van der Waals surface area contributed by atoms with Gasteiger partial charge in [0.05, 0.1) is 0 Å². The van der Waals surface area contributed by atoms with Crippen molar-refractivity contribution in [3.05, 3.63) is 23.3 Å². The Labute approximate surface area is 140 Å². The van der Waals surface area contributed by atoms with Gasteiger partial charge in [0, 0.05) is 24.9 Å². The second-order valence-corrected chi connectivity index (χ2v) is 7.31. The normalized spacial score (nSPS) is 38.4. The fourth-order valence-corrected chi connectivity index (χ4v) is 5.34. The first-order chi connectivity index (χ1) is 11.6. The molecule has 1 aliphatic carbocycles. The SMILES string of the molecule is CC(=O)O[C@H]1CC[C@H]2N3CC[C@@]2(c2cc4c(cc2C3)OCO4)[C@@H]1O. The molecule has 3 aliphatic heterocycles. The fraction of sp³-hybridized carbons (Fsp3) is 0.611. The van der Waals surface area contributed by atoms with Gasteiger partial charge in [0.25, 0.3) is 0 Å². The molecule has 5 atom stereocenters. The number of nitrogens with zero attached hydrogens (tertiary/aromatic N) is 1. The average Bonchev–Trinajstić information content (AvgIpc) is 3.11. The molecule has 0 amide bonds. The zero-order chi connectivity index (χ0) is 16.5. The average molecular weight is 331 g/mol. The molecule has 6 nitrogen and oxygen atoms in total. The van der Waals surface area contributed by atoms with Crippen LogP contribution in [-0.2, 0) is 21.5 Å². The van der Waals surface area contributed by atoms with E-state index in [0.717, 1.165) is 43.0 Å². The highest BCUT2D eigenvalue weighted by Gasteiger charge is 2.61. The first-order valence-corrected chi connectivity index (χ1v) is 8.62. The number of benzene rings is 1. The molecule has 2 fully saturated rings. The number of hydrogen-bond acceptors (Lipinski definition) is 6. The molecule has 1 aromatic rings. The third-order valence-corrected chi connectivity index (χ3v) is 6.24. The highest BCUT2D eigenvalue weighted by molar-refractivity contribution is 5.66. The first kappa shape index (κ1) is 14.5. The van der Waals surface area contributed by atoms with E-state index in [2.05, 4.69) is 11.0 Å². The van der Waals surface area contributed by atoms with Crippen LogP contribution in [0.4, 0.5) is 0 Å². The van der Waals surface area contributed by atoms with Crippen LogP contribution in [0.2, 0.25) is 0 Å². The van der Waals surface area contributed by atoms with E-state index in [1.807, 2.05) is 6.07 Å². The number of rotatable bonds is 1. The van der Waals surface area contributed by atoms with Crippen molar-refractivity contribution in [2.24, 2.45) is 0 Å². The Kier molecular flexibility index (Phi) is 2.95. The number of esters is 1. The van der Waals surface area contributed by atoms with Crippen LogP contribution < -0.4 is 9.47 Å². The second-order valence-electron chi connectivity index (χ2n) is 7.31. The highest BCUT2D eigenvalue weighted by Crippen LogP contribution is 2.55. The van der Waals surface area contributed by atoms with E-state index in [9.17, 15) is 9.90 Å². The molecule has 0 radical (unpaired) electrons. The van der Waals surface area contributed by atoms with Gasteiger partial charge in [0.1, 0.15) is 12.2 Å². The molecule has 0 aromatic heterocycles. The van der Waals surface area contributed by atoms with Gasteiger partial charge in [-0.2, -0.15) is 0 Å². The third-order valence-electron chi connectivity index (χ3n) is 6.24. The van der Waals surface area contributed by atoms with Crippen molar-refractivity contribution >= 4 is 5.97 Å². The maximum atomic E-state index is 11.4. The van der Waals surface area contributed by atoms with E-state index < -0.39 is 12.2 Å². The molecule has 6 heteroatoms. The molecule has 1 saturated heterocycles. The monoisotopic (exact) mass is 331 g/mol. The number of aliphatic hydroxyl groups excluding tert-OH is 1. The van der Waals surface area contributed by atoms with Gasteiger partial charge in [-0.15, -0.1) is 0 Å². The standard InChI is InChI=1S/C18H21NO5/c1-10(20)24-13-2-3-16-18(17(13)21)4-5-19(16)8-11-6-14-15(7-12(11)18)23-9-22-14/h6-7,13,16-17,21H,2-5,8-9H2,1H3/t13-,16+,17+,18-/m0/s1. The molecule has 128 valence electrons. The van der Waals surface area contributed by atoms with E-state index in [1.54, 1.807) is 0 Å². The largest absolute Gasteiger partial charge is 0.460 e. The van der Waals surface area contributed by atoms with Crippen molar-refractivity contribution in [2.45, 2.75) is 56.4 Å². The summed E-state index contributed by atoms with van der Waals surface area (Å²) < 4.78 is 16.5. The van der Waals surface area contributed by atoms with Gasteiger partial charge in [-0.3, -0.25) is 9.69 Å². The Morgan fingerprint density at radius 3 is 2.92 bits per heavy atom. The van der Waals surface area contributed by atoms with Crippen LogP contribution in [0.5, 0.6) is 11.5 Å². The van der Waals surface area contributed by atoms with Crippen molar-refractivity contribution in [1.29, 1.82) is 0 Å². The molecule has 3 heterocycles. The topological polar surface area (TPSA) is 68.2 Å². The van der Waals surface area contributed by atoms with Gasteiger partial charge in [-0.25, -0.2) is 0 Å². The van der Waals surface area contributed by atoms with Crippen LogP contribution in [-0.4, -0.2) is 47.6 Å². The summed E-state index contributed by atoms with van der Waals surface area (Å²) in [6, 6.07) is 4.40. The summed E-state index contributed by atoms with van der Waals surface area (Å²) >= 11 is 0. The van der Waals surface area contributed by atoms with Gasteiger partial charge in [0.2, 0.25) is 6.79 Å². The molecule has 2 bridgehead atoms. The predicted octanol–water partition coefficient (Wildman–Crippen LogP) is 1.33. The summed E-state index contributed by atoms with van der Waals surface area (Å²) in [6.07, 6.45) is 1.40. The third kappa shape index (κ3) is 1.75. The van der Waals surface area contributed by atoms with Crippen LogP contribution in [0.15, 0.2) is 12.1 Å². The maximum absolute atomic E-state index is 11.4. The Morgan fingerprint density at radius 1 is 1.33 bits per heavy atom.